The van der Waals surface area contributed by atoms with Crippen molar-refractivity contribution in [2.24, 2.45) is 0 Å². The first-order chi connectivity index (χ1) is 30.1. The number of aromatic amines is 2. The molecule has 0 aliphatic heterocycles. The Bertz CT molecular complexity index is 2410. The SMILES string of the molecule is CN(CCOc1cccc2c(Sc3ccccc3)c[nH]c12)C(=O)OC(C)(C)C.CN(CCOc1cccc2cc[nH]c12)C(=O)OC(C)(C)C.c1ccc(SSc2ccccc2)cc1. The van der Waals surface area contributed by atoms with Crippen molar-refractivity contribution in [3.8, 4) is 11.5 Å². The van der Waals surface area contributed by atoms with Gasteiger partial charge in [-0.15, -0.1) is 0 Å². The van der Waals surface area contributed by atoms with Gasteiger partial charge in [0, 0.05) is 56.8 Å². The summed E-state index contributed by atoms with van der Waals surface area (Å²) in [6.45, 7) is 12.8. The van der Waals surface area contributed by atoms with Crippen molar-refractivity contribution in [3.05, 3.63) is 146 Å². The van der Waals surface area contributed by atoms with Crippen LogP contribution >= 0.6 is 33.3 Å². The summed E-state index contributed by atoms with van der Waals surface area (Å²) < 4.78 is 22.3. The van der Waals surface area contributed by atoms with E-state index in [1.165, 1.54) is 24.5 Å². The first-order valence-electron chi connectivity index (χ1n) is 20.6. The molecule has 0 aliphatic carbocycles. The molecule has 0 atom stereocenters. The van der Waals surface area contributed by atoms with Crippen molar-refractivity contribution in [1.82, 2.24) is 19.8 Å². The molecule has 2 heterocycles. The lowest BCUT2D eigenvalue weighted by molar-refractivity contribution is 0.0269. The van der Waals surface area contributed by atoms with Crippen LogP contribution in [-0.2, 0) is 9.47 Å². The number of fused-ring (bicyclic) bond motifs is 2. The number of rotatable bonds is 13. The molecule has 332 valence electrons. The monoisotopic (exact) mass is 906 g/mol. The molecule has 0 fully saturated rings. The van der Waals surface area contributed by atoms with E-state index in [4.69, 9.17) is 18.9 Å². The van der Waals surface area contributed by atoms with Gasteiger partial charge in [-0.05, 0) is 96.1 Å². The third-order valence-corrected chi connectivity index (χ3v) is 12.1. The number of nitrogens with zero attached hydrogens (tertiary/aromatic N) is 2. The zero-order chi connectivity index (χ0) is 45.2. The fraction of sp³-hybridized carbons (Fsp3) is 0.280. The summed E-state index contributed by atoms with van der Waals surface area (Å²) in [4.78, 5) is 38.3. The molecule has 13 heteroatoms. The summed E-state index contributed by atoms with van der Waals surface area (Å²) >= 11 is 1.71. The predicted octanol–water partition coefficient (Wildman–Crippen LogP) is 13.5. The van der Waals surface area contributed by atoms with Gasteiger partial charge in [-0.1, -0.05) is 112 Å². The first kappa shape index (κ1) is 48.4. The van der Waals surface area contributed by atoms with E-state index in [0.29, 0.717) is 26.3 Å². The highest BCUT2D eigenvalue weighted by atomic mass is 33.1. The Morgan fingerprint density at radius 1 is 0.540 bits per heavy atom. The average Bonchev–Trinajstić information content (AvgIpc) is 3.92. The van der Waals surface area contributed by atoms with Gasteiger partial charge in [0.15, 0.2) is 0 Å². The van der Waals surface area contributed by atoms with Crippen molar-refractivity contribution in [3.63, 3.8) is 0 Å². The molecular weight excluding hydrogens is 849 g/mol. The smallest absolute Gasteiger partial charge is 0.410 e. The second-order valence-corrected chi connectivity index (χ2v) is 19.6. The minimum absolute atomic E-state index is 0.343. The summed E-state index contributed by atoms with van der Waals surface area (Å²) in [5, 5.41) is 2.22. The van der Waals surface area contributed by atoms with Gasteiger partial charge in [0.25, 0.3) is 0 Å². The number of benzene rings is 5. The topological polar surface area (TPSA) is 109 Å². The van der Waals surface area contributed by atoms with Crippen molar-refractivity contribution >= 4 is 67.3 Å². The van der Waals surface area contributed by atoms with E-state index in [0.717, 1.165) is 38.2 Å². The quantitative estimate of drug-likeness (QED) is 0.109. The first-order valence-corrected chi connectivity index (χ1v) is 23.6. The van der Waals surface area contributed by atoms with Gasteiger partial charge >= 0.3 is 12.2 Å². The maximum atomic E-state index is 12.0. The van der Waals surface area contributed by atoms with Crippen LogP contribution in [0.5, 0.6) is 11.5 Å². The molecule has 0 spiro atoms. The summed E-state index contributed by atoms with van der Waals surface area (Å²) in [6, 6.07) is 45.0. The third kappa shape index (κ3) is 16.5. The number of amides is 2. The molecular formula is C50H58N4O6S3. The summed E-state index contributed by atoms with van der Waals surface area (Å²) in [5.74, 6) is 1.56. The Kier molecular flexibility index (Phi) is 18.2. The Morgan fingerprint density at radius 2 is 1.00 bits per heavy atom. The molecule has 2 amide bonds. The molecule has 0 bridgehead atoms. The number of hydrogen-bond acceptors (Lipinski definition) is 9. The van der Waals surface area contributed by atoms with E-state index in [2.05, 4.69) is 76.7 Å². The Balaban J connectivity index is 0.000000188. The minimum Gasteiger partial charge on any atom is -0.490 e. The Labute approximate surface area is 383 Å². The van der Waals surface area contributed by atoms with Crippen LogP contribution in [0.4, 0.5) is 9.59 Å². The normalized spacial score (nSPS) is 11.1. The lowest BCUT2D eigenvalue weighted by Crippen LogP contribution is -2.36. The van der Waals surface area contributed by atoms with Crippen molar-refractivity contribution < 1.29 is 28.5 Å². The molecule has 7 aromatic rings. The lowest BCUT2D eigenvalue weighted by atomic mass is 10.2. The molecule has 0 saturated carbocycles. The van der Waals surface area contributed by atoms with E-state index in [1.54, 1.807) is 47.4 Å². The maximum Gasteiger partial charge on any atom is 0.410 e. The number of nitrogens with one attached hydrogen (secondary N) is 2. The van der Waals surface area contributed by atoms with Crippen LogP contribution in [0.2, 0.25) is 0 Å². The second kappa shape index (κ2) is 23.7. The van der Waals surface area contributed by atoms with Gasteiger partial charge in [-0.2, -0.15) is 0 Å². The highest BCUT2D eigenvalue weighted by molar-refractivity contribution is 8.76. The zero-order valence-electron chi connectivity index (χ0n) is 37.3. The molecule has 0 radical (unpaired) electrons. The van der Waals surface area contributed by atoms with E-state index >= 15 is 0 Å². The van der Waals surface area contributed by atoms with Gasteiger partial charge < -0.3 is 38.7 Å². The number of hydrogen-bond donors (Lipinski definition) is 2. The van der Waals surface area contributed by atoms with Crippen LogP contribution < -0.4 is 9.47 Å². The van der Waals surface area contributed by atoms with Crippen molar-refractivity contribution in [1.29, 1.82) is 0 Å². The maximum absolute atomic E-state index is 12.0. The highest BCUT2D eigenvalue weighted by Gasteiger charge is 2.21. The Hall–Kier alpha value is -5.63. The van der Waals surface area contributed by atoms with Gasteiger partial charge in [-0.3, -0.25) is 0 Å². The second-order valence-electron chi connectivity index (χ2n) is 16.2. The molecule has 2 N–H and O–H groups in total. The molecule has 7 rings (SSSR count). The number of ether oxygens (including phenoxy) is 4. The zero-order valence-corrected chi connectivity index (χ0v) is 39.7. The van der Waals surface area contributed by atoms with E-state index < -0.39 is 11.2 Å². The molecule has 5 aromatic carbocycles. The average molecular weight is 907 g/mol. The summed E-state index contributed by atoms with van der Waals surface area (Å²) in [6.07, 6.45) is 3.19. The highest BCUT2D eigenvalue weighted by Crippen LogP contribution is 2.37. The summed E-state index contributed by atoms with van der Waals surface area (Å²) in [5.41, 5.74) is 0.940. The number of aromatic nitrogens is 2. The number of para-hydroxylation sites is 2. The number of H-pyrrole nitrogens is 2. The van der Waals surface area contributed by atoms with Gasteiger partial charge in [0.2, 0.25) is 0 Å². The molecule has 0 aliphatic rings. The van der Waals surface area contributed by atoms with Gasteiger partial charge in [0.1, 0.15) is 35.9 Å². The van der Waals surface area contributed by atoms with E-state index in [1.807, 2.05) is 121 Å². The van der Waals surface area contributed by atoms with E-state index in [9.17, 15) is 9.59 Å². The van der Waals surface area contributed by atoms with Crippen molar-refractivity contribution in [2.45, 2.75) is 72.3 Å². The van der Waals surface area contributed by atoms with Gasteiger partial charge in [0.05, 0.1) is 24.1 Å². The molecule has 0 unspecified atom stereocenters. The van der Waals surface area contributed by atoms with Crippen LogP contribution in [0.3, 0.4) is 0 Å². The predicted molar refractivity (Wildman–Crippen MR) is 260 cm³/mol. The van der Waals surface area contributed by atoms with Crippen molar-refractivity contribution in [2.75, 3.05) is 40.4 Å². The van der Waals surface area contributed by atoms with E-state index in [-0.39, 0.29) is 12.2 Å². The molecule has 2 aromatic heterocycles. The summed E-state index contributed by atoms with van der Waals surface area (Å²) in [7, 11) is 6.99. The fourth-order valence-corrected chi connectivity index (χ4v) is 8.51. The molecule has 0 saturated heterocycles. The molecule has 10 nitrogen and oxygen atoms in total. The van der Waals surface area contributed by atoms with Gasteiger partial charge in [-0.25, -0.2) is 9.59 Å². The van der Waals surface area contributed by atoms with Crippen LogP contribution in [0.1, 0.15) is 41.5 Å². The number of carbonyl (C=O) groups is 2. The largest absolute Gasteiger partial charge is 0.490 e. The Morgan fingerprint density at radius 3 is 1.49 bits per heavy atom. The third-order valence-electron chi connectivity index (χ3n) is 8.66. The lowest BCUT2D eigenvalue weighted by Gasteiger charge is -2.24. The minimum atomic E-state index is -0.505. The molecule has 63 heavy (non-hydrogen) atoms. The standard InChI is InChI=1S/C22H26N2O3S.C16H22N2O3.C12H10S2/c1-22(2,3)27-21(25)24(4)13-14-26-18-12-8-11-17-19(15-23-20(17)18)28-16-9-6-5-7-10-16;1-16(2,3)21-15(19)18(4)10-11-20-13-7-5-6-12-8-9-17-14(12)13;1-3-7-11(8-4-1)13-14-12-9-5-2-6-10-12/h5-12,15,23H,13-14H2,1-4H3;5-9,17H,10-11H2,1-4H3;1-10H. The van der Waals surface area contributed by atoms with Crippen LogP contribution in [-0.4, -0.2) is 83.6 Å². The fourth-order valence-electron chi connectivity index (χ4n) is 5.59. The van der Waals surface area contributed by atoms with Crippen LogP contribution in [0, 0.1) is 0 Å². The number of carbonyl (C=O) groups excluding carboxylic acids is 2. The van der Waals surface area contributed by atoms with Crippen LogP contribution in [0.15, 0.2) is 165 Å². The number of likely N-dealkylation sites (N-methyl/N-ethyl adjacent to an activating group) is 2. The van der Waals surface area contributed by atoms with Crippen LogP contribution in [0.25, 0.3) is 21.8 Å².